The van der Waals surface area contributed by atoms with Crippen molar-refractivity contribution < 1.29 is 22.7 Å². The van der Waals surface area contributed by atoms with Crippen LogP contribution in [-0.4, -0.2) is 17.4 Å². The zero-order valence-electron chi connectivity index (χ0n) is 12.1. The molecule has 1 saturated heterocycles. The van der Waals surface area contributed by atoms with Crippen molar-refractivity contribution in [3.05, 3.63) is 50.8 Å². The zero-order valence-corrected chi connectivity index (χ0v) is 15.4. The van der Waals surface area contributed by atoms with Crippen LogP contribution in [0, 0.1) is 0 Å². The second kappa shape index (κ2) is 6.77. The van der Waals surface area contributed by atoms with Gasteiger partial charge in [0.2, 0.25) is 0 Å². The summed E-state index contributed by atoms with van der Waals surface area (Å²) in [6.07, 6.45) is -3.11. The molecule has 0 aliphatic carbocycles. The molecule has 2 heterocycles. The Balaban J connectivity index is 1.82. The van der Waals surface area contributed by atoms with Gasteiger partial charge in [-0.3, -0.25) is 9.69 Å². The summed E-state index contributed by atoms with van der Waals surface area (Å²) >= 11 is 9.93. The molecule has 10 heteroatoms. The number of halogens is 4. The van der Waals surface area contributed by atoms with Gasteiger partial charge >= 0.3 is 6.36 Å². The number of carbonyl (C=O) groups is 1. The maximum atomic E-state index is 12.5. The Labute approximate surface area is 158 Å². The monoisotopic (exact) mass is 448 g/mol. The number of thiocarbonyl (C=S) groups is 1. The number of ether oxygens (including phenoxy) is 1. The first-order valence-electron chi connectivity index (χ1n) is 6.70. The molecule has 1 aromatic carbocycles. The average molecular weight is 449 g/mol. The standard InChI is InChI=1S/C15H8BrF3N2O2S2/c16-8-5-11(25-7-8)6-12-13(22)21(14(24)20-12)9-1-3-10(4-2-9)23-15(17,18)19/h1-7H,(H,20,24)/b12-6+. The second-order valence-electron chi connectivity index (χ2n) is 4.84. The van der Waals surface area contributed by atoms with Gasteiger partial charge in [0, 0.05) is 14.7 Å². The number of hydrogen-bond acceptors (Lipinski definition) is 4. The van der Waals surface area contributed by atoms with E-state index in [2.05, 4.69) is 26.0 Å². The minimum Gasteiger partial charge on any atom is -0.406 e. The molecule has 0 unspecified atom stereocenters. The fraction of sp³-hybridized carbons (Fsp3) is 0.0667. The van der Waals surface area contributed by atoms with E-state index in [1.165, 1.54) is 28.4 Å². The van der Waals surface area contributed by atoms with E-state index in [0.29, 0.717) is 5.69 Å². The van der Waals surface area contributed by atoms with Crippen LogP contribution in [0.15, 0.2) is 45.9 Å². The van der Waals surface area contributed by atoms with Crippen LogP contribution in [0.4, 0.5) is 18.9 Å². The van der Waals surface area contributed by atoms with Gasteiger partial charge in [-0.2, -0.15) is 0 Å². The number of nitrogens with zero attached hydrogens (tertiary/aromatic N) is 1. The van der Waals surface area contributed by atoms with Crippen LogP contribution in [-0.2, 0) is 4.79 Å². The van der Waals surface area contributed by atoms with Crippen LogP contribution in [0.2, 0.25) is 0 Å². The van der Waals surface area contributed by atoms with Crippen LogP contribution in [0.5, 0.6) is 5.75 Å². The number of hydrogen-bond donors (Lipinski definition) is 1. The number of rotatable bonds is 3. The quantitative estimate of drug-likeness (QED) is 0.547. The lowest BCUT2D eigenvalue weighted by Crippen LogP contribution is -2.30. The van der Waals surface area contributed by atoms with Crippen molar-refractivity contribution in [2.24, 2.45) is 0 Å². The smallest absolute Gasteiger partial charge is 0.406 e. The number of amides is 1. The first kappa shape index (κ1) is 17.9. The molecule has 1 aromatic heterocycles. The summed E-state index contributed by atoms with van der Waals surface area (Å²) < 4.78 is 41.3. The van der Waals surface area contributed by atoms with Gasteiger partial charge in [-0.15, -0.1) is 24.5 Å². The van der Waals surface area contributed by atoms with E-state index in [9.17, 15) is 18.0 Å². The fourth-order valence-electron chi connectivity index (χ4n) is 2.11. The Morgan fingerprint density at radius 1 is 1.28 bits per heavy atom. The molecular formula is C15H8BrF3N2O2S2. The van der Waals surface area contributed by atoms with Gasteiger partial charge in [0.1, 0.15) is 11.4 Å². The van der Waals surface area contributed by atoms with Crippen LogP contribution < -0.4 is 15.0 Å². The lowest BCUT2D eigenvalue weighted by atomic mass is 10.2. The first-order chi connectivity index (χ1) is 11.7. The molecule has 0 spiro atoms. The van der Waals surface area contributed by atoms with Gasteiger partial charge < -0.3 is 10.1 Å². The molecule has 0 atom stereocenters. The van der Waals surface area contributed by atoms with Crippen LogP contribution in [0.25, 0.3) is 6.08 Å². The van der Waals surface area contributed by atoms with E-state index in [-0.39, 0.29) is 22.5 Å². The van der Waals surface area contributed by atoms with Gasteiger partial charge in [-0.1, -0.05) is 0 Å². The molecule has 25 heavy (non-hydrogen) atoms. The molecule has 1 N–H and O–H groups in total. The number of alkyl halides is 3. The fourth-order valence-corrected chi connectivity index (χ4v) is 3.79. The van der Waals surface area contributed by atoms with Crippen LogP contribution in [0.1, 0.15) is 4.88 Å². The number of benzene rings is 1. The van der Waals surface area contributed by atoms with Crippen LogP contribution in [0.3, 0.4) is 0 Å². The van der Waals surface area contributed by atoms with Gasteiger partial charge in [0.05, 0.1) is 5.69 Å². The molecule has 0 saturated carbocycles. The first-order valence-corrected chi connectivity index (χ1v) is 8.78. The molecule has 1 aliphatic heterocycles. The third kappa shape index (κ3) is 4.20. The third-order valence-corrected chi connectivity index (χ3v) is 5.01. The third-order valence-electron chi connectivity index (χ3n) is 3.08. The average Bonchev–Trinajstić information content (AvgIpc) is 3.03. The lowest BCUT2D eigenvalue weighted by Gasteiger charge is -2.15. The summed E-state index contributed by atoms with van der Waals surface area (Å²) in [5.74, 6) is -0.764. The van der Waals surface area contributed by atoms with Crippen molar-refractivity contribution in [2.45, 2.75) is 6.36 Å². The molecule has 0 bridgehead atoms. The van der Waals surface area contributed by atoms with Gasteiger partial charge in [-0.05, 0) is 64.6 Å². The summed E-state index contributed by atoms with van der Waals surface area (Å²) in [6.45, 7) is 0. The Kier molecular flexibility index (Phi) is 4.85. The maximum Gasteiger partial charge on any atom is 0.573 e. The van der Waals surface area contributed by atoms with E-state index < -0.39 is 6.36 Å². The van der Waals surface area contributed by atoms with Crippen molar-refractivity contribution in [1.29, 1.82) is 0 Å². The Bertz CT molecular complexity index is 862. The molecule has 4 nitrogen and oxygen atoms in total. The van der Waals surface area contributed by atoms with Crippen molar-refractivity contribution in [1.82, 2.24) is 5.32 Å². The van der Waals surface area contributed by atoms with Gasteiger partial charge in [0.15, 0.2) is 5.11 Å². The van der Waals surface area contributed by atoms with Gasteiger partial charge in [-0.25, -0.2) is 0 Å². The molecule has 0 radical (unpaired) electrons. The minimum atomic E-state index is -4.77. The normalized spacial score (nSPS) is 16.5. The van der Waals surface area contributed by atoms with E-state index in [1.54, 1.807) is 6.08 Å². The predicted molar refractivity (Wildman–Crippen MR) is 96.3 cm³/mol. The minimum absolute atomic E-state index is 0.149. The van der Waals surface area contributed by atoms with Crippen molar-refractivity contribution in [3.63, 3.8) is 0 Å². The molecule has 1 amide bonds. The Morgan fingerprint density at radius 2 is 1.96 bits per heavy atom. The van der Waals surface area contributed by atoms with Crippen molar-refractivity contribution in [3.8, 4) is 5.75 Å². The molecule has 2 aromatic rings. The van der Waals surface area contributed by atoms with Crippen LogP contribution >= 0.6 is 39.5 Å². The highest BCUT2D eigenvalue weighted by atomic mass is 79.9. The summed E-state index contributed by atoms with van der Waals surface area (Å²) in [5, 5.41) is 4.84. The number of anilines is 1. The summed E-state index contributed by atoms with van der Waals surface area (Å²) in [6, 6.07) is 6.75. The second-order valence-corrected chi connectivity index (χ2v) is 7.08. The number of thiophene rings is 1. The van der Waals surface area contributed by atoms with E-state index >= 15 is 0 Å². The molecule has 1 fully saturated rings. The summed E-state index contributed by atoms with van der Waals surface area (Å²) in [7, 11) is 0. The molecular weight excluding hydrogens is 441 g/mol. The van der Waals surface area contributed by atoms with E-state index in [0.717, 1.165) is 21.5 Å². The SMILES string of the molecule is O=C1/C(=C\c2cc(Br)cs2)NC(=S)N1c1ccc(OC(F)(F)F)cc1. The number of carbonyl (C=O) groups excluding carboxylic acids is 1. The largest absolute Gasteiger partial charge is 0.573 e. The van der Waals surface area contributed by atoms with Crippen molar-refractivity contribution >= 4 is 62.3 Å². The number of nitrogens with one attached hydrogen (secondary N) is 1. The molecule has 3 rings (SSSR count). The summed E-state index contributed by atoms with van der Waals surface area (Å²) in [5.41, 5.74) is 0.628. The zero-order chi connectivity index (χ0) is 18.2. The lowest BCUT2D eigenvalue weighted by molar-refractivity contribution is -0.274. The Hall–Kier alpha value is -1.91. The molecule has 130 valence electrons. The topological polar surface area (TPSA) is 41.6 Å². The summed E-state index contributed by atoms with van der Waals surface area (Å²) in [4.78, 5) is 14.6. The highest BCUT2D eigenvalue weighted by Crippen LogP contribution is 2.28. The predicted octanol–water partition coefficient (Wildman–Crippen LogP) is 4.67. The van der Waals surface area contributed by atoms with E-state index in [4.69, 9.17) is 12.2 Å². The molecule has 1 aliphatic rings. The van der Waals surface area contributed by atoms with Gasteiger partial charge in [0.25, 0.3) is 5.91 Å². The highest BCUT2D eigenvalue weighted by molar-refractivity contribution is 9.10. The highest BCUT2D eigenvalue weighted by Gasteiger charge is 2.33. The maximum absolute atomic E-state index is 12.5. The van der Waals surface area contributed by atoms with Crippen molar-refractivity contribution in [2.75, 3.05) is 4.90 Å². The Morgan fingerprint density at radius 3 is 2.52 bits per heavy atom. The van der Waals surface area contributed by atoms with E-state index in [1.807, 2.05) is 11.4 Å².